The lowest BCUT2D eigenvalue weighted by Gasteiger charge is -2.34. The summed E-state index contributed by atoms with van der Waals surface area (Å²) in [5, 5.41) is 5.05. The average Bonchev–Trinajstić information content (AvgIpc) is 3.44. The second kappa shape index (κ2) is 8.95. The number of para-hydroxylation sites is 1. The quantitative estimate of drug-likeness (QED) is 0.239. The Morgan fingerprint density at radius 1 is 0.405 bits per heavy atom. The molecule has 0 atom stereocenters. The van der Waals surface area contributed by atoms with Gasteiger partial charge in [-0.25, -0.2) is 0 Å². The summed E-state index contributed by atoms with van der Waals surface area (Å²) in [6, 6.07) is 54.9. The van der Waals surface area contributed by atoms with Gasteiger partial charge in [-0.3, -0.25) is 0 Å². The number of H-pyrrole nitrogens is 1. The van der Waals surface area contributed by atoms with Crippen LogP contribution in [0.1, 0.15) is 0 Å². The highest BCUT2D eigenvalue weighted by Crippen LogP contribution is 2.55. The Hall–Kier alpha value is -5.60. The lowest BCUT2D eigenvalue weighted by atomic mass is 9.86. The van der Waals surface area contributed by atoms with Crippen molar-refractivity contribution in [2.45, 2.75) is 0 Å². The van der Waals surface area contributed by atoms with Crippen LogP contribution >= 0.6 is 0 Å². The molecule has 7 aromatic carbocycles. The van der Waals surface area contributed by atoms with E-state index in [2.05, 4.69) is 162 Å². The van der Waals surface area contributed by atoms with Crippen LogP contribution < -0.4 is 4.90 Å². The monoisotopic (exact) mass is 534 g/mol. The normalized spacial score (nSPS) is 12.2. The molecule has 2 heteroatoms. The van der Waals surface area contributed by atoms with Gasteiger partial charge in [0.1, 0.15) is 0 Å². The van der Waals surface area contributed by atoms with E-state index in [1.807, 2.05) is 0 Å². The molecule has 1 aliphatic rings. The molecular formula is C40H26N2. The third-order valence-electron chi connectivity index (χ3n) is 8.72. The minimum Gasteiger partial charge on any atom is -0.354 e. The van der Waals surface area contributed by atoms with E-state index in [0.717, 1.165) is 16.7 Å². The largest absolute Gasteiger partial charge is 0.354 e. The maximum atomic E-state index is 3.73. The molecule has 42 heavy (non-hydrogen) atoms. The molecule has 0 unspecified atom stereocenters. The van der Waals surface area contributed by atoms with Gasteiger partial charge in [0.2, 0.25) is 0 Å². The standard InChI is InChI=1S/C40H26N2/c1-4-11-26(12-5-1)28-19-23-35-34(25-28)39-36(41-35)24-22-33-32-21-20-30(27-13-6-2-7-14-27)31-17-10-18-37(38(31)32)42(40(33)39)29-15-8-3-9-16-29/h1-25,41H. The molecule has 1 aromatic heterocycles. The molecule has 0 amide bonds. The van der Waals surface area contributed by atoms with Crippen LogP contribution in [0, 0.1) is 0 Å². The molecule has 0 aliphatic carbocycles. The van der Waals surface area contributed by atoms with Gasteiger partial charge in [-0.15, -0.1) is 0 Å². The summed E-state index contributed by atoms with van der Waals surface area (Å²) in [6.45, 7) is 0. The molecule has 196 valence electrons. The number of nitrogens with zero attached hydrogens (tertiary/aromatic N) is 1. The molecule has 0 spiro atoms. The third-order valence-corrected chi connectivity index (χ3v) is 8.72. The fourth-order valence-electron chi connectivity index (χ4n) is 6.87. The summed E-state index contributed by atoms with van der Waals surface area (Å²) in [5.74, 6) is 0. The molecule has 0 radical (unpaired) electrons. The summed E-state index contributed by atoms with van der Waals surface area (Å²) in [4.78, 5) is 6.21. The van der Waals surface area contributed by atoms with Crippen LogP contribution in [0.3, 0.4) is 0 Å². The van der Waals surface area contributed by atoms with Gasteiger partial charge < -0.3 is 9.88 Å². The predicted molar refractivity (Wildman–Crippen MR) is 178 cm³/mol. The minimum atomic E-state index is 1.14. The maximum absolute atomic E-state index is 3.73. The highest BCUT2D eigenvalue weighted by atomic mass is 15.2. The first-order chi connectivity index (χ1) is 20.8. The Kier molecular flexibility index (Phi) is 4.93. The van der Waals surface area contributed by atoms with Crippen LogP contribution in [0.2, 0.25) is 0 Å². The third kappa shape index (κ3) is 3.33. The summed E-state index contributed by atoms with van der Waals surface area (Å²) < 4.78 is 0. The van der Waals surface area contributed by atoms with Crippen LogP contribution in [-0.4, -0.2) is 4.98 Å². The molecule has 0 saturated heterocycles. The van der Waals surface area contributed by atoms with Crippen molar-refractivity contribution in [3.05, 3.63) is 152 Å². The Morgan fingerprint density at radius 2 is 1.07 bits per heavy atom. The average molecular weight is 535 g/mol. The van der Waals surface area contributed by atoms with Crippen molar-refractivity contribution in [3.63, 3.8) is 0 Å². The van der Waals surface area contributed by atoms with Gasteiger partial charge in [0, 0.05) is 38.4 Å². The number of aromatic nitrogens is 1. The van der Waals surface area contributed by atoms with Crippen LogP contribution in [0.15, 0.2) is 152 Å². The maximum Gasteiger partial charge on any atom is 0.0640 e. The van der Waals surface area contributed by atoms with E-state index in [1.54, 1.807) is 0 Å². The van der Waals surface area contributed by atoms with Crippen molar-refractivity contribution in [2.75, 3.05) is 4.90 Å². The van der Waals surface area contributed by atoms with Crippen molar-refractivity contribution < 1.29 is 0 Å². The zero-order chi connectivity index (χ0) is 27.6. The van der Waals surface area contributed by atoms with Gasteiger partial charge in [-0.1, -0.05) is 115 Å². The number of fused-ring (bicyclic) bond motifs is 6. The van der Waals surface area contributed by atoms with Gasteiger partial charge in [0.05, 0.1) is 11.4 Å². The smallest absolute Gasteiger partial charge is 0.0640 e. The first-order valence-electron chi connectivity index (χ1n) is 14.5. The van der Waals surface area contributed by atoms with E-state index in [0.29, 0.717) is 0 Å². The van der Waals surface area contributed by atoms with Crippen LogP contribution in [0.4, 0.5) is 17.1 Å². The lowest BCUT2D eigenvalue weighted by molar-refractivity contribution is 1.30. The fourth-order valence-corrected chi connectivity index (χ4v) is 6.87. The molecule has 1 N–H and O–H groups in total. The SMILES string of the molecule is c1ccc(-c2ccc3[nH]c4ccc5c(c4c3c2)N(c2ccccc2)c2cccc3c(-c4ccccc4)ccc-5c23)cc1. The van der Waals surface area contributed by atoms with E-state index in [-0.39, 0.29) is 0 Å². The molecule has 8 aromatic rings. The minimum absolute atomic E-state index is 1.14. The molecule has 2 nitrogen and oxygen atoms in total. The van der Waals surface area contributed by atoms with E-state index in [9.17, 15) is 0 Å². The van der Waals surface area contributed by atoms with E-state index < -0.39 is 0 Å². The van der Waals surface area contributed by atoms with Gasteiger partial charge in [-0.05, 0) is 69.6 Å². The van der Waals surface area contributed by atoms with Gasteiger partial charge in [-0.2, -0.15) is 0 Å². The Labute approximate surface area is 244 Å². The summed E-state index contributed by atoms with van der Waals surface area (Å²) in [7, 11) is 0. The predicted octanol–water partition coefficient (Wildman–Crippen LogP) is 11.3. The summed E-state index contributed by atoms with van der Waals surface area (Å²) >= 11 is 0. The van der Waals surface area contributed by atoms with Crippen molar-refractivity contribution in [1.29, 1.82) is 0 Å². The number of nitrogens with one attached hydrogen (secondary N) is 1. The molecule has 0 fully saturated rings. The van der Waals surface area contributed by atoms with Gasteiger partial charge in [0.15, 0.2) is 0 Å². The van der Waals surface area contributed by atoms with Crippen molar-refractivity contribution >= 4 is 49.6 Å². The van der Waals surface area contributed by atoms with Crippen LogP contribution in [0.5, 0.6) is 0 Å². The van der Waals surface area contributed by atoms with E-state index >= 15 is 0 Å². The Bertz CT molecular complexity index is 2280. The van der Waals surface area contributed by atoms with E-state index in [1.165, 1.54) is 66.3 Å². The number of hydrogen-bond acceptors (Lipinski definition) is 1. The number of aromatic amines is 1. The van der Waals surface area contributed by atoms with Crippen molar-refractivity contribution in [1.82, 2.24) is 4.98 Å². The summed E-state index contributed by atoms with van der Waals surface area (Å²) in [6.07, 6.45) is 0. The lowest BCUT2D eigenvalue weighted by Crippen LogP contribution is -2.15. The zero-order valence-electron chi connectivity index (χ0n) is 22.9. The summed E-state index contributed by atoms with van der Waals surface area (Å²) in [5.41, 5.74) is 13.3. The number of hydrogen-bond donors (Lipinski definition) is 1. The second-order valence-corrected chi connectivity index (χ2v) is 11.0. The zero-order valence-corrected chi connectivity index (χ0v) is 22.9. The molecule has 2 heterocycles. The Balaban J connectivity index is 1.41. The highest BCUT2D eigenvalue weighted by Gasteiger charge is 2.29. The van der Waals surface area contributed by atoms with Crippen molar-refractivity contribution in [3.8, 4) is 33.4 Å². The van der Waals surface area contributed by atoms with E-state index in [4.69, 9.17) is 0 Å². The molecule has 0 saturated carbocycles. The fraction of sp³-hybridized carbons (Fsp3) is 0. The molecular weight excluding hydrogens is 508 g/mol. The highest BCUT2D eigenvalue weighted by molar-refractivity contribution is 6.25. The topological polar surface area (TPSA) is 19.0 Å². The van der Waals surface area contributed by atoms with Crippen LogP contribution in [-0.2, 0) is 0 Å². The Morgan fingerprint density at radius 3 is 1.86 bits per heavy atom. The molecule has 1 aliphatic heterocycles. The number of anilines is 3. The first-order valence-corrected chi connectivity index (χ1v) is 14.5. The van der Waals surface area contributed by atoms with Crippen LogP contribution in [0.25, 0.3) is 66.0 Å². The first kappa shape index (κ1) is 23.1. The number of rotatable bonds is 3. The second-order valence-electron chi connectivity index (χ2n) is 11.0. The number of benzene rings is 7. The van der Waals surface area contributed by atoms with Gasteiger partial charge >= 0.3 is 0 Å². The molecule has 0 bridgehead atoms. The molecule has 9 rings (SSSR count). The van der Waals surface area contributed by atoms with Gasteiger partial charge in [0.25, 0.3) is 0 Å². The van der Waals surface area contributed by atoms with Crippen molar-refractivity contribution in [2.24, 2.45) is 0 Å².